The summed E-state index contributed by atoms with van der Waals surface area (Å²) in [4.78, 5) is 10.3. The Kier molecular flexibility index (Phi) is 6.62. The second-order valence-corrected chi connectivity index (χ2v) is 4.11. The van der Waals surface area contributed by atoms with Crippen LogP contribution < -0.4 is 4.74 Å². The first kappa shape index (κ1) is 14.3. The number of benzene rings is 1. The molecule has 98 valence electrons. The molecule has 0 radical (unpaired) electrons. The Labute approximate surface area is 108 Å². The molecule has 0 saturated carbocycles. The number of para-hydroxylation sites is 1. The zero-order chi connectivity index (χ0) is 13.2. The molecular formula is C15H20O3. The maximum absolute atomic E-state index is 10.3. The van der Waals surface area contributed by atoms with E-state index in [9.17, 15) is 4.79 Å². The monoisotopic (exact) mass is 248 g/mol. The van der Waals surface area contributed by atoms with E-state index in [1.807, 2.05) is 24.3 Å². The SMILES string of the molecule is COc1ccccc1CCCC=CCCC(=O)O. The van der Waals surface area contributed by atoms with Gasteiger partial charge in [0.2, 0.25) is 0 Å². The number of hydrogen-bond acceptors (Lipinski definition) is 2. The van der Waals surface area contributed by atoms with Gasteiger partial charge in [-0.2, -0.15) is 0 Å². The molecule has 0 aromatic heterocycles. The summed E-state index contributed by atoms with van der Waals surface area (Å²) in [5.74, 6) is 0.195. The molecular weight excluding hydrogens is 228 g/mol. The molecule has 1 aromatic rings. The Balaban J connectivity index is 2.23. The minimum Gasteiger partial charge on any atom is -0.496 e. The van der Waals surface area contributed by atoms with Crippen molar-refractivity contribution >= 4 is 5.97 Å². The molecule has 0 amide bonds. The Morgan fingerprint density at radius 2 is 2.00 bits per heavy atom. The molecule has 0 spiro atoms. The number of rotatable bonds is 8. The van der Waals surface area contributed by atoms with Gasteiger partial charge in [-0.05, 0) is 37.3 Å². The van der Waals surface area contributed by atoms with E-state index in [4.69, 9.17) is 9.84 Å². The lowest BCUT2D eigenvalue weighted by atomic mass is 10.1. The van der Waals surface area contributed by atoms with Crippen molar-refractivity contribution in [1.82, 2.24) is 0 Å². The van der Waals surface area contributed by atoms with Crippen molar-refractivity contribution in [2.45, 2.75) is 32.1 Å². The lowest BCUT2D eigenvalue weighted by Crippen LogP contribution is -1.92. The molecule has 1 aromatic carbocycles. The number of unbranched alkanes of at least 4 members (excludes halogenated alkanes) is 1. The van der Waals surface area contributed by atoms with Crippen molar-refractivity contribution in [3.8, 4) is 5.75 Å². The van der Waals surface area contributed by atoms with Gasteiger partial charge in [0.05, 0.1) is 7.11 Å². The van der Waals surface area contributed by atoms with Crippen LogP contribution in [0.3, 0.4) is 0 Å². The highest BCUT2D eigenvalue weighted by molar-refractivity contribution is 5.66. The molecule has 18 heavy (non-hydrogen) atoms. The number of carboxylic acid groups (broad SMARTS) is 1. The van der Waals surface area contributed by atoms with E-state index < -0.39 is 5.97 Å². The second kappa shape index (κ2) is 8.34. The van der Waals surface area contributed by atoms with Crippen molar-refractivity contribution in [2.75, 3.05) is 7.11 Å². The molecule has 1 rings (SSSR count). The average molecular weight is 248 g/mol. The van der Waals surface area contributed by atoms with E-state index in [1.54, 1.807) is 7.11 Å². The Hall–Kier alpha value is -1.77. The molecule has 0 saturated heterocycles. The largest absolute Gasteiger partial charge is 0.496 e. The fourth-order valence-electron chi connectivity index (χ4n) is 1.76. The summed E-state index contributed by atoms with van der Waals surface area (Å²) >= 11 is 0. The summed E-state index contributed by atoms with van der Waals surface area (Å²) in [6, 6.07) is 8.03. The van der Waals surface area contributed by atoms with Crippen LogP contribution >= 0.6 is 0 Å². The third-order valence-electron chi connectivity index (χ3n) is 2.70. The first-order valence-corrected chi connectivity index (χ1v) is 6.22. The highest BCUT2D eigenvalue weighted by Crippen LogP contribution is 2.19. The Morgan fingerprint density at radius 3 is 2.72 bits per heavy atom. The van der Waals surface area contributed by atoms with Crippen LogP contribution in [0.25, 0.3) is 0 Å². The van der Waals surface area contributed by atoms with Crippen molar-refractivity contribution in [3.63, 3.8) is 0 Å². The topological polar surface area (TPSA) is 46.5 Å². The maximum Gasteiger partial charge on any atom is 0.303 e. The lowest BCUT2D eigenvalue weighted by Gasteiger charge is -2.06. The fraction of sp³-hybridized carbons (Fsp3) is 0.400. The van der Waals surface area contributed by atoms with Crippen molar-refractivity contribution in [3.05, 3.63) is 42.0 Å². The van der Waals surface area contributed by atoms with Crippen LogP contribution in [0, 0.1) is 0 Å². The number of ether oxygens (including phenoxy) is 1. The summed E-state index contributed by atoms with van der Waals surface area (Å²) < 4.78 is 5.28. The van der Waals surface area contributed by atoms with Gasteiger partial charge < -0.3 is 9.84 Å². The molecule has 0 aliphatic rings. The van der Waals surface area contributed by atoms with Crippen molar-refractivity contribution in [2.24, 2.45) is 0 Å². The highest BCUT2D eigenvalue weighted by atomic mass is 16.5. The number of aliphatic carboxylic acids is 1. The molecule has 0 fully saturated rings. The number of allylic oxidation sites excluding steroid dienone is 2. The van der Waals surface area contributed by atoms with Gasteiger partial charge in [-0.25, -0.2) is 0 Å². The molecule has 3 heteroatoms. The van der Waals surface area contributed by atoms with E-state index in [2.05, 4.69) is 12.1 Å². The van der Waals surface area contributed by atoms with E-state index in [0.717, 1.165) is 25.0 Å². The zero-order valence-corrected chi connectivity index (χ0v) is 10.8. The molecule has 1 N–H and O–H groups in total. The van der Waals surface area contributed by atoms with Crippen LogP contribution in [-0.2, 0) is 11.2 Å². The minimum atomic E-state index is -0.742. The van der Waals surface area contributed by atoms with E-state index in [-0.39, 0.29) is 6.42 Å². The van der Waals surface area contributed by atoms with Gasteiger partial charge in [0.25, 0.3) is 0 Å². The molecule has 0 atom stereocenters. The number of aryl methyl sites for hydroxylation is 1. The standard InChI is InChI=1S/C15H20O3/c1-18-14-11-8-7-10-13(14)9-5-3-2-4-6-12-15(16)17/h2,4,7-8,10-11H,3,5-6,9,12H2,1H3,(H,16,17). The summed E-state index contributed by atoms with van der Waals surface area (Å²) in [5, 5.41) is 8.47. The van der Waals surface area contributed by atoms with Gasteiger partial charge in [-0.1, -0.05) is 30.4 Å². The highest BCUT2D eigenvalue weighted by Gasteiger charge is 1.99. The predicted molar refractivity (Wildman–Crippen MR) is 71.9 cm³/mol. The normalized spacial score (nSPS) is 10.7. The van der Waals surface area contributed by atoms with E-state index in [0.29, 0.717) is 6.42 Å². The van der Waals surface area contributed by atoms with Crippen molar-refractivity contribution in [1.29, 1.82) is 0 Å². The summed E-state index contributed by atoms with van der Waals surface area (Å²) in [7, 11) is 1.69. The molecule has 0 unspecified atom stereocenters. The minimum absolute atomic E-state index is 0.211. The summed E-state index contributed by atoms with van der Waals surface area (Å²) in [5.41, 5.74) is 1.22. The Bertz CT molecular complexity index is 396. The molecule has 0 bridgehead atoms. The van der Waals surface area contributed by atoms with Crippen LogP contribution in [0.15, 0.2) is 36.4 Å². The quantitative estimate of drug-likeness (QED) is 0.566. The number of carboxylic acids is 1. The van der Waals surface area contributed by atoms with Crippen LogP contribution in [0.5, 0.6) is 5.75 Å². The third kappa shape index (κ3) is 5.53. The lowest BCUT2D eigenvalue weighted by molar-refractivity contribution is -0.136. The van der Waals surface area contributed by atoms with Gasteiger partial charge in [0.15, 0.2) is 0 Å². The third-order valence-corrected chi connectivity index (χ3v) is 2.70. The summed E-state index contributed by atoms with van der Waals surface area (Å²) in [6.07, 6.45) is 7.82. The molecule has 0 heterocycles. The smallest absolute Gasteiger partial charge is 0.303 e. The van der Waals surface area contributed by atoms with E-state index >= 15 is 0 Å². The number of hydrogen-bond donors (Lipinski definition) is 1. The van der Waals surface area contributed by atoms with Crippen LogP contribution in [0.2, 0.25) is 0 Å². The molecule has 0 aliphatic carbocycles. The maximum atomic E-state index is 10.3. The van der Waals surface area contributed by atoms with Crippen LogP contribution in [-0.4, -0.2) is 18.2 Å². The van der Waals surface area contributed by atoms with Crippen LogP contribution in [0.1, 0.15) is 31.2 Å². The van der Waals surface area contributed by atoms with Crippen molar-refractivity contribution < 1.29 is 14.6 Å². The van der Waals surface area contributed by atoms with Gasteiger partial charge in [-0.15, -0.1) is 0 Å². The summed E-state index contributed by atoms with van der Waals surface area (Å²) in [6.45, 7) is 0. The van der Waals surface area contributed by atoms with Gasteiger partial charge >= 0.3 is 5.97 Å². The molecule has 3 nitrogen and oxygen atoms in total. The van der Waals surface area contributed by atoms with Gasteiger partial charge in [-0.3, -0.25) is 4.79 Å². The first-order chi connectivity index (χ1) is 8.74. The first-order valence-electron chi connectivity index (χ1n) is 6.22. The van der Waals surface area contributed by atoms with Gasteiger partial charge in [0, 0.05) is 6.42 Å². The van der Waals surface area contributed by atoms with E-state index in [1.165, 1.54) is 5.56 Å². The van der Waals surface area contributed by atoms with Crippen LogP contribution in [0.4, 0.5) is 0 Å². The predicted octanol–water partition coefficient (Wildman–Crippen LogP) is 3.44. The number of methoxy groups -OCH3 is 1. The number of carbonyl (C=O) groups is 1. The zero-order valence-electron chi connectivity index (χ0n) is 10.8. The fourth-order valence-corrected chi connectivity index (χ4v) is 1.76. The molecule has 0 aliphatic heterocycles. The second-order valence-electron chi connectivity index (χ2n) is 4.11. The average Bonchev–Trinajstić information content (AvgIpc) is 2.37. The Morgan fingerprint density at radius 1 is 1.28 bits per heavy atom. The van der Waals surface area contributed by atoms with Gasteiger partial charge in [0.1, 0.15) is 5.75 Å².